The van der Waals surface area contributed by atoms with Gasteiger partial charge in [-0.25, -0.2) is 9.78 Å². The van der Waals surface area contributed by atoms with Crippen molar-refractivity contribution in [3.63, 3.8) is 0 Å². The molecule has 0 fully saturated rings. The van der Waals surface area contributed by atoms with Gasteiger partial charge in [-0.2, -0.15) is 4.98 Å². The molecule has 9 heteroatoms. The SMILES string of the molecule is Cc1cccc(Nc2nc(Nc3cccc(NC(N)=O)c3)ncc2C(N)=O)c1. The highest BCUT2D eigenvalue weighted by atomic mass is 16.2. The Bertz CT molecular complexity index is 1040. The summed E-state index contributed by atoms with van der Waals surface area (Å²) in [5.74, 6) is -0.118. The molecular weight excluding hydrogens is 358 g/mol. The van der Waals surface area contributed by atoms with Crippen LogP contribution in [0.4, 0.5) is 33.6 Å². The van der Waals surface area contributed by atoms with E-state index in [-0.39, 0.29) is 17.3 Å². The minimum atomic E-state index is -0.663. The van der Waals surface area contributed by atoms with Crippen LogP contribution >= 0.6 is 0 Å². The van der Waals surface area contributed by atoms with Gasteiger partial charge in [0.05, 0.1) is 0 Å². The van der Waals surface area contributed by atoms with Crippen LogP contribution in [0.3, 0.4) is 0 Å². The fourth-order valence-corrected chi connectivity index (χ4v) is 2.52. The van der Waals surface area contributed by atoms with Crippen molar-refractivity contribution in [2.75, 3.05) is 16.0 Å². The minimum absolute atomic E-state index is 0.163. The number of aryl methyl sites for hydroxylation is 1. The lowest BCUT2D eigenvalue weighted by Gasteiger charge is -2.12. The average Bonchev–Trinajstić information content (AvgIpc) is 2.61. The Morgan fingerprint density at radius 3 is 2.29 bits per heavy atom. The van der Waals surface area contributed by atoms with Gasteiger partial charge in [0.15, 0.2) is 0 Å². The molecular formula is C19H19N7O2. The van der Waals surface area contributed by atoms with Gasteiger partial charge in [0.2, 0.25) is 5.95 Å². The molecule has 3 rings (SSSR count). The number of primary amides is 2. The van der Waals surface area contributed by atoms with Gasteiger partial charge in [-0.1, -0.05) is 18.2 Å². The lowest BCUT2D eigenvalue weighted by atomic mass is 10.2. The highest BCUT2D eigenvalue weighted by Gasteiger charge is 2.13. The molecule has 0 atom stereocenters. The van der Waals surface area contributed by atoms with Crippen molar-refractivity contribution >= 4 is 40.8 Å². The number of amides is 3. The molecule has 142 valence electrons. The molecule has 0 spiro atoms. The molecule has 0 radical (unpaired) electrons. The third kappa shape index (κ3) is 4.73. The lowest BCUT2D eigenvalue weighted by Crippen LogP contribution is -2.19. The molecule has 0 saturated carbocycles. The van der Waals surface area contributed by atoms with Crippen molar-refractivity contribution in [3.05, 3.63) is 65.9 Å². The first-order chi connectivity index (χ1) is 13.4. The van der Waals surface area contributed by atoms with E-state index in [2.05, 4.69) is 25.9 Å². The molecule has 3 amide bonds. The number of nitrogens with zero attached hydrogens (tertiary/aromatic N) is 2. The maximum Gasteiger partial charge on any atom is 0.316 e. The summed E-state index contributed by atoms with van der Waals surface area (Å²) in [5.41, 5.74) is 13.7. The van der Waals surface area contributed by atoms with Crippen LogP contribution in [0.2, 0.25) is 0 Å². The largest absolute Gasteiger partial charge is 0.365 e. The summed E-state index contributed by atoms with van der Waals surface area (Å²) in [4.78, 5) is 31.2. The molecule has 0 saturated heterocycles. The molecule has 0 aliphatic rings. The molecule has 2 aromatic carbocycles. The van der Waals surface area contributed by atoms with Crippen molar-refractivity contribution in [3.8, 4) is 0 Å². The number of hydrogen-bond acceptors (Lipinski definition) is 6. The molecule has 0 bridgehead atoms. The summed E-state index contributed by atoms with van der Waals surface area (Å²) in [6, 6.07) is 13.8. The fraction of sp³-hybridized carbons (Fsp3) is 0.0526. The van der Waals surface area contributed by atoms with E-state index in [0.29, 0.717) is 11.4 Å². The zero-order valence-corrected chi connectivity index (χ0v) is 15.1. The van der Waals surface area contributed by atoms with Crippen molar-refractivity contribution in [2.45, 2.75) is 6.92 Å². The smallest absolute Gasteiger partial charge is 0.316 e. The molecule has 0 aliphatic heterocycles. The number of carbonyl (C=O) groups is 2. The van der Waals surface area contributed by atoms with Crippen LogP contribution in [0.1, 0.15) is 15.9 Å². The van der Waals surface area contributed by atoms with E-state index in [9.17, 15) is 9.59 Å². The first-order valence-electron chi connectivity index (χ1n) is 8.35. The normalized spacial score (nSPS) is 10.2. The predicted molar refractivity (Wildman–Crippen MR) is 108 cm³/mol. The van der Waals surface area contributed by atoms with Crippen molar-refractivity contribution in [1.29, 1.82) is 0 Å². The number of nitrogens with one attached hydrogen (secondary N) is 3. The van der Waals surface area contributed by atoms with E-state index < -0.39 is 11.9 Å². The van der Waals surface area contributed by atoms with Gasteiger partial charge in [0, 0.05) is 23.3 Å². The van der Waals surface area contributed by atoms with Gasteiger partial charge in [0.25, 0.3) is 5.91 Å². The second-order valence-electron chi connectivity index (χ2n) is 6.01. The Labute approximate surface area is 161 Å². The van der Waals surface area contributed by atoms with E-state index in [4.69, 9.17) is 11.5 Å². The second kappa shape index (κ2) is 8.04. The van der Waals surface area contributed by atoms with Crippen LogP contribution in [-0.2, 0) is 0 Å². The summed E-state index contributed by atoms with van der Waals surface area (Å²) in [7, 11) is 0. The first-order valence-corrected chi connectivity index (χ1v) is 8.35. The highest BCUT2D eigenvalue weighted by Crippen LogP contribution is 2.23. The Morgan fingerprint density at radius 2 is 1.61 bits per heavy atom. The number of urea groups is 1. The Kier molecular flexibility index (Phi) is 5.35. The number of carbonyl (C=O) groups excluding carboxylic acids is 2. The number of nitrogens with two attached hydrogens (primary N) is 2. The second-order valence-corrected chi connectivity index (χ2v) is 6.01. The van der Waals surface area contributed by atoms with Gasteiger partial charge < -0.3 is 27.4 Å². The van der Waals surface area contributed by atoms with Gasteiger partial charge in [-0.15, -0.1) is 0 Å². The van der Waals surface area contributed by atoms with Crippen molar-refractivity contribution in [1.82, 2.24) is 9.97 Å². The van der Waals surface area contributed by atoms with Gasteiger partial charge >= 0.3 is 6.03 Å². The van der Waals surface area contributed by atoms with E-state index >= 15 is 0 Å². The zero-order valence-electron chi connectivity index (χ0n) is 15.1. The Balaban J connectivity index is 1.88. The fourth-order valence-electron chi connectivity index (χ4n) is 2.52. The van der Waals surface area contributed by atoms with Gasteiger partial charge in [-0.3, -0.25) is 4.79 Å². The monoisotopic (exact) mass is 377 g/mol. The summed E-state index contributed by atoms with van der Waals surface area (Å²) in [5, 5.41) is 8.60. The zero-order chi connectivity index (χ0) is 20.1. The molecule has 7 N–H and O–H groups in total. The first kappa shape index (κ1) is 18.6. The minimum Gasteiger partial charge on any atom is -0.365 e. The summed E-state index contributed by atoms with van der Waals surface area (Å²) in [6.45, 7) is 1.96. The average molecular weight is 377 g/mol. The summed E-state index contributed by atoms with van der Waals surface area (Å²) < 4.78 is 0. The number of benzene rings is 2. The third-order valence-electron chi connectivity index (χ3n) is 3.72. The standard InChI is InChI=1S/C19H19N7O2/c1-11-4-2-5-12(8-11)23-17-15(16(20)27)10-22-19(26-17)25-14-7-3-6-13(9-14)24-18(21)28/h2-10H,1H3,(H2,20,27)(H3,21,24,28)(H2,22,23,25,26). The van der Waals surface area contributed by atoms with Crippen LogP contribution < -0.4 is 27.4 Å². The summed E-state index contributed by atoms with van der Waals surface area (Å²) in [6.07, 6.45) is 1.35. The van der Waals surface area contributed by atoms with E-state index in [1.54, 1.807) is 24.3 Å². The maximum absolute atomic E-state index is 11.7. The number of hydrogen-bond donors (Lipinski definition) is 5. The quantitative estimate of drug-likeness (QED) is 0.446. The molecule has 0 aliphatic carbocycles. The van der Waals surface area contributed by atoms with Crippen LogP contribution in [0.25, 0.3) is 0 Å². The summed E-state index contributed by atoms with van der Waals surface area (Å²) >= 11 is 0. The van der Waals surface area contributed by atoms with E-state index in [1.165, 1.54) is 6.20 Å². The van der Waals surface area contributed by atoms with Crippen molar-refractivity contribution in [2.24, 2.45) is 11.5 Å². The molecule has 1 heterocycles. The number of anilines is 5. The molecule has 1 aromatic heterocycles. The third-order valence-corrected chi connectivity index (χ3v) is 3.72. The topological polar surface area (TPSA) is 148 Å². The van der Waals surface area contributed by atoms with E-state index in [0.717, 1.165) is 11.3 Å². The molecule has 28 heavy (non-hydrogen) atoms. The number of aromatic nitrogens is 2. The Hall–Kier alpha value is -4.14. The highest BCUT2D eigenvalue weighted by molar-refractivity contribution is 5.98. The maximum atomic E-state index is 11.7. The van der Waals surface area contributed by atoms with Gasteiger partial charge in [0.1, 0.15) is 11.4 Å². The van der Waals surface area contributed by atoms with Crippen LogP contribution in [-0.4, -0.2) is 21.9 Å². The van der Waals surface area contributed by atoms with Crippen LogP contribution in [0, 0.1) is 6.92 Å². The van der Waals surface area contributed by atoms with Crippen LogP contribution in [0.5, 0.6) is 0 Å². The molecule has 0 unspecified atom stereocenters. The van der Waals surface area contributed by atoms with E-state index in [1.807, 2.05) is 31.2 Å². The van der Waals surface area contributed by atoms with Crippen molar-refractivity contribution < 1.29 is 9.59 Å². The molecule has 9 nitrogen and oxygen atoms in total. The van der Waals surface area contributed by atoms with Gasteiger partial charge in [-0.05, 0) is 42.8 Å². The predicted octanol–water partition coefficient (Wildman–Crippen LogP) is 2.86. The number of rotatable bonds is 6. The molecule has 3 aromatic rings. The van der Waals surface area contributed by atoms with Crippen LogP contribution in [0.15, 0.2) is 54.7 Å². The Morgan fingerprint density at radius 1 is 0.929 bits per heavy atom. The lowest BCUT2D eigenvalue weighted by molar-refractivity contribution is 0.100.